The Balaban J connectivity index is 1.77. The third-order valence-corrected chi connectivity index (χ3v) is 4.59. The molecule has 1 N–H and O–H groups in total. The predicted octanol–water partition coefficient (Wildman–Crippen LogP) is 3.94. The average molecular weight is 345 g/mol. The van der Waals surface area contributed by atoms with Gasteiger partial charge in [0.05, 0.1) is 11.4 Å². The second kappa shape index (κ2) is 6.92. The molecule has 0 atom stereocenters. The van der Waals surface area contributed by atoms with Crippen molar-refractivity contribution in [2.45, 2.75) is 26.8 Å². The number of nitrogens with one attached hydrogen (secondary N) is 1. The van der Waals surface area contributed by atoms with Crippen LogP contribution in [-0.2, 0) is 11.3 Å². The molecule has 2 heterocycles. The number of carbonyl (C=O) groups excluding carboxylic acids is 1. The third kappa shape index (κ3) is 3.51. The highest BCUT2D eigenvalue weighted by Crippen LogP contribution is 2.28. The zero-order valence-electron chi connectivity index (χ0n) is 13.3. The number of hydrogen-bond donors (Lipinski definition) is 1. The maximum atomic E-state index is 13.7. The van der Waals surface area contributed by atoms with Crippen LogP contribution in [0, 0.1) is 12.7 Å². The number of aryl methyl sites for hydroxylation is 1. The van der Waals surface area contributed by atoms with Gasteiger partial charge in [0.25, 0.3) is 5.89 Å². The van der Waals surface area contributed by atoms with Crippen molar-refractivity contribution in [1.82, 2.24) is 15.5 Å². The lowest BCUT2D eigenvalue weighted by Gasteiger charge is -1.99. The van der Waals surface area contributed by atoms with Crippen molar-refractivity contribution in [3.05, 3.63) is 46.6 Å². The van der Waals surface area contributed by atoms with Crippen LogP contribution in [0.1, 0.15) is 23.8 Å². The van der Waals surface area contributed by atoms with Crippen molar-refractivity contribution >= 4 is 17.2 Å². The minimum absolute atomic E-state index is 0.00759. The van der Waals surface area contributed by atoms with Crippen LogP contribution in [0.15, 0.2) is 34.9 Å². The van der Waals surface area contributed by atoms with Crippen molar-refractivity contribution in [2.24, 2.45) is 0 Å². The van der Waals surface area contributed by atoms with E-state index in [9.17, 15) is 9.18 Å². The van der Waals surface area contributed by atoms with Gasteiger partial charge in [0.2, 0.25) is 11.7 Å². The molecule has 1 aromatic carbocycles. The fraction of sp³-hybridized carbons (Fsp3) is 0.235. The summed E-state index contributed by atoms with van der Waals surface area (Å²) >= 11 is 1.48. The number of nitrogens with zero attached hydrogens (tertiary/aromatic N) is 2. The summed E-state index contributed by atoms with van der Waals surface area (Å²) in [6.07, 6.45) is 0.458. The van der Waals surface area contributed by atoms with E-state index in [1.54, 1.807) is 19.1 Å². The lowest BCUT2D eigenvalue weighted by Crippen LogP contribution is -2.20. The smallest absolute Gasteiger partial charge is 0.258 e. The summed E-state index contributed by atoms with van der Waals surface area (Å²) in [5.74, 6) is 0.424. The molecule has 0 spiro atoms. The number of rotatable bonds is 5. The van der Waals surface area contributed by atoms with Gasteiger partial charge in [-0.2, -0.15) is 4.98 Å². The Hall–Kier alpha value is -2.54. The number of hydrogen-bond acceptors (Lipinski definition) is 5. The van der Waals surface area contributed by atoms with Gasteiger partial charge in [0.15, 0.2) is 0 Å². The molecular weight excluding hydrogens is 329 g/mol. The van der Waals surface area contributed by atoms with Crippen molar-refractivity contribution < 1.29 is 13.7 Å². The van der Waals surface area contributed by atoms with E-state index in [-0.39, 0.29) is 17.6 Å². The summed E-state index contributed by atoms with van der Waals surface area (Å²) in [6, 6.07) is 8.59. The van der Waals surface area contributed by atoms with E-state index < -0.39 is 0 Å². The lowest BCUT2D eigenvalue weighted by atomic mass is 10.1. The maximum absolute atomic E-state index is 13.7. The number of carbonyl (C=O) groups is 1. The van der Waals surface area contributed by atoms with Crippen molar-refractivity contribution in [1.29, 1.82) is 0 Å². The first-order valence-corrected chi connectivity index (χ1v) is 8.34. The topological polar surface area (TPSA) is 68.0 Å². The molecule has 0 aliphatic carbocycles. The van der Waals surface area contributed by atoms with Crippen molar-refractivity contribution in [2.75, 3.05) is 0 Å². The van der Waals surface area contributed by atoms with Gasteiger partial charge >= 0.3 is 0 Å². The summed E-state index contributed by atoms with van der Waals surface area (Å²) < 4.78 is 18.9. The van der Waals surface area contributed by atoms with Gasteiger partial charge < -0.3 is 9.84 Å². The predicted molar refractivity (Wildman–Crippen MR) is 89.9 cm³/mol. The molecule has 7 heteroatoms. The molecule has 0 bridgehead atoms. The largest absolute Gasteiger partial charge is 0.351 e. The summed E-state index contributed by atoms with van der Waals surface area (Å²) in [7, 11) is 0. The Kier molecular flexibility index (Phi) is 4.71. The highest BCUT2D eigenvalue weighted by molar-refractivity contribution is 7.15. The molecule has 124 valence electrons. The third-order valence-electron chi connectivity index (χ3n) is 3.51. The van der Waals surface area contributed by atoms with Crippen LogP contribution in [0.25, 0.3) is 22.2 Å². The fourth-order valence-corrected chi connectivity index (χ4v) is 2.94. The zero-order chi connectivity index (χ0) is 17.1. The molecule has 0 aliphatic rings. The molecule has 0 fully saturated rings. The molecule has 24 heavy (non-hydrogen) atoms. The summed E-state index contributed by atoms with van der Waals surface area (Å²) in [6.45, 7) is 3.98. The average Bonchev–Trinajstić information content (AvgIpc) is 3.24. The number of benzene rings is 1. The Bertz CT molecular complexity index is 872. The molecule has 0 unspecified atom stereocenters. The second-order valence-corrected chi connectivity index (χ2v) is 6.45. The lowest BCUT2D eigenvalue weighted by molar-refractivity contribution is -0.120. The summed E-state index contributed by atoms with van der Waals surface area (Å²) in [5, 5.41) is 6.78. The van der Waals surface area contributed by atoms with Gasteiger partial charge in [-0.15, -0.1) is 11.3 Å². The van der Waals surface area contributed by atoms with Crippen molar-refractivity contribution in [3.8, 4) is 22.2 Å². The normalized spacial score (nSPS) is 10.8. The van der Waals surface area contributed by atoms with E-state index in [2.05, 4.69) is 15.5 Å². The Labute approximate surface area is 142 Å². The summed E-state index contributed by atoms with van der Waals surface area (Å²) in [4.78, 5) is 17.5. The van der Waals surface area contributed by atoms with Crippen LogP contribution in [0.3, 0.4) is 0 Å². The SMILES string of the molecule is CCC(=O)NCc1ccc(-c2noc(-c3ccc(C)c(F)c3)n2)s1. The van der Waals surface area contributed by atoms with Crippen LogP contribution in [-0.4, -0.2) is 16.0 Å². The minimum atomic E-state index is -0.308. The number of aromatic nitrogens is 2. The first-order valence-electron chi connectivity index (χ1n) is 7.53. The molecule has 0 saturated heterocycles. The molecular formula is C17H16FN3O2S. The number of thiophene rings is 1. The molecule has 0 radical (unpaired) electrons. The first kappa shape index (κ1) is 16.3. The van der Waals surface area contributed by atoms with E-state index >= 15 is 0 Å². The van der Waals surface area contributed by atoms with Crippen LogP contribution < -0.4 is 5.32 Å². The monoisotopic (exact) mass is 345 g/mol. The van der Waals surface area contributed by atoms with Crippen LogP contribution in [0.4, 0.5) is 4.39 Å². The van der Waals surface area contributed by atoms with E-state index in [4.69, 9.17) is 4.52 Å². The van der Waals surface area contributed by atoms with Crippen molar-refractivity contribution in [3.63, 3.8) is 0 Å². The standard InChI is InChI=1S/C17H16FN3O2S/c1-3-15(22)19-9-12-6-7-14(24-12)16-20-17(23-21-16)11-5-4-10(2)13(18)8-11/h4-8H,3,9H2,1-2H3,(H,19,22). The van der Waals surface area contributed by atoms with Crippen LogP contribution in [0.5, 0.6) is 0 Å². The maximum Gasteiger partial charge on any atom is 0.258 e. The van der Waals surface area contributed by atoms with E-state index in [1.807, 2.05) is 19.1 Å². The Morgan fingerprint density at radius 1 is 1.33 bits per heavy atom. The molecule has 2 aromatic heterocycles. The van der Waals surface area contributed by atoms with Gasteiger partial charge in [0.1, 0.15) is 5.82 Å². The van der Waals surface area contributed by atoms with Gasteiger partial charge in [-0.1, -0.05) is 18.1 Å². The van der Waals surface area contributed by atoms with Gasteiger partial charge in [0, 0.05) is 16.9 Å². The molecule has 5 nitrogen and oxygen atoms in total. The van der Waals surface area contributed by atoms with E-state index in [1.165, 1.54) is 17.4 Å². The summed E-state index contributed by atoms with van der Waals surface area (Å²) in [5.41, 5.74) is 1.11. The molecule has 3 rings (SSSR count). The fourth-order valence-electron chi connectivity index (χ4n) is 2.07. The quantitative estimate of drug-likeness (QED) is 0.760. The van der Waals surface area contributed by atoms with E-state index in [0.29, 0.717) is 29.9 Å². The molecule has 0 aliphatic heterocycles. The van der Waals surface area contributed by atoms with Gasteiger partial charge in [-0.05, 0) is 36.8 Å². The molecule has 0 saturated carbocycles. The Morgan fingerprint density at radius 3 is 2.92 bits per heavy atom. The van der Waals surface area contributed by atoms with Gasteiger partial charge in [-0.3, -0.25) is 4.79 Å². The van der Waals surface area contributed by atoms with Gasteiger partial charge in [-0.25, -0.2) is 4.39 Å². The van der Waals surface area contributed by atoms with Crippen LogP contribution >= 0.6 is 11.3 Å². The Morgan fingerprint density at radius 2 is 2.17 bits per heavy atom. The van der Waals surface area contributed by atoms with E-state index in [0.717, 1.165) is 9.75 Å². The molecule has 1 amide bonds. The molecule has 3 aromatic rings. The second-order valence-electron chi connectivity index (χ2n) is 5.28. The first-order chi connectivity index (χ1) is 11.6. The number of halogens is 1. The van der Waals surface area contributed by atoms with Crippen LogP contribution in [0.2, 0.25) is 0 Å². The minimum Gasteiger partial charge on any atom is -0.351 e. The number of amides is 1. The zero-order valence-corrected chi connectivity index (χ0v) is 14.1. The highest BCUT2D eigenvalue weighted by Gasteiger charge is 2.14. The highest BCUT2D eigenvalue weighted by atomic mass is 32.1.